The average molecular weight is 264 g/mol. The van der Waals surface area contributed by atoms with Crippen molar-refractivity contribution < 1.29 is 9.90 Å². The number of amides is 1. The minimum absolute atomic E-state index is 0.522. The highest BCUT2D eigenvalue weighted by atomic mass is 16.4. The Morgan fingerprint density at radius 1 is 1.26 bits per heavy atom. The predicted octanol–water partition coefficient (Wildman–Crippen LogP) is 1.62. The van der Waals surface area contributed by atoms with Crippen molar-refractivity contribution in [3.63, 3.8) is 0 Å². The fourth-order valence-corrected chi connectivity index (χ4v) is 2.13. The Kier molecular flexibility index (Phi) is 4.54. The zero-order chi connectivity index (χ0) is 13.7. The van der Waals surface area contributed by atoms with Crippen molar-refractivity contribution in [3.8, 4) is 0 Å². The van der Waals surface area contributed by atoms with Gasteiger partial charge in [-0.1, -0.05) is 13.3 Å². The molecule has 1 aromatic rings. The lowest BCUT2D eigenvalue weighted by molar-refractivity contribution is 0.142. The fourth-order valence-electron chi connectivity index (χ4n) is 2.13. The van der Waals surface area contributed by atoms with Crippen molar-refractivity contribution >= 4 is 11.9 Å². The first-order valence-electron chi connectivity index (χ1n) is 6.74. The normalized spacial score (nSPS) is 15.6. The second-order valence-corrected chi connectivity index (χ2v) is 4.73. The highest BCUT2D eigenvalue weighted by Gasteiger charge is 2.21. The van der Waals surface area contributed by atoms with Crippen molar-refractivity contribution in [1.82, 2.24) is 14.9 Å². The van der Waals surface area contributed by atoms with Crippen molar-refractivity contribution in [2.45, 2.75) is 26.2 Å². The van der Waals surface area contributed by atoms with Gasteiger partial charge in [0.25, 0.3) is 0 Å². The van der Waals surface area contributed by atoms with Gasteiger partial charge >= 0.3 is 6.09 Å². The average Bonchev–Trinajstić information content (AvgIpc) is 2.46. The van der Waals surface area contributed by atoms with Gasteiger partial charge < -0.3 is 14.9 Å². The van der Waals surface area contributed by atoms with Crippen molar-refractivity contribution in [3.05, 3.63) is 18.1 Å². The number of anilines is 1. The van der Waals surface area contributed by atoms with Gasteiger partial charge in [-0.3, -0.25) is 4.98 Å². The van der Waals surface area contributed by atoms with Gasteiger partial charge in [-0.2, -0.15) is 0 Å². The Morgan fingerprint density at radius 3 is 2.53 bits per heavy atom. The molecule has 0 aromatic carbocycles. The molecule has 19 heavy (non-hydrogen) atoms. The molecule has 104 valence electrons. The van der Waals surface area contributed by atoms with E-state index in [1.54, 1.807) is 6.20 Å². The summed E-state index contributed by atoms with van der Waals surface area (Å²) in [5, 5.41) is 8.89. The molecule has 0 saturated carbocycles. The van der Waals surface area contributed by atoms with Gasteiger partial charge in [0.05, 0.1) is 18.1 Å². The van der Waals surface area contributed by atoms with Crippen LogP contribution in [0.4, 0.5) is 10.6 Å². The Bertz CT molecular complexity index is 413. The van der Waals surface area contributed by atoms with E-state index in [1.807, 2.05) is 6.20 Å². The lowest BCUT2D eigenvalue weighted by Gasteiger charge is -2.33. The van der Waals surface area contributed by atoms with Crippen molar-refractivity contribution in [2.75, 3.05) is 31.1 Å². The quantitative estimate of drug-likeness (QED) is 0.895. The van der Waals surface area contributed by atoms with Crippen molar-refractivity contribution in [1.29, 1.82) is 0 Å². The van der Waals surface area contributed by atoms with Crippen LogP contribution in [0.15, 0.2) is 12.4 Å². The molecule has 1 amide bonds. The molecular weight excluding hydrogens is 244 g/mol. The molecule has 1 aromatic heterocycles. The number of hydrogen-bond acceptors (Lipinski definition) is 4. The summed E-state index contributed by atoms with van der Waals surface area (Å²) < 4.78 is 0. The van der Waals surface area contributed by atoms with E-state index in [2.05, 4.69) is 21.8 Å². The smallest absolute Gasteiger partial charge is 0.407 e. The van der Waals surface area contributed by atoms with Gasteiger partial charge in [-0.05, 0) is 12.8 Å². The Hall–Kier alpha value is -1.85. The molecule has 0 unspecified atom stereocenters. The van der Waals surface area contributed by atoms with Crippen LogP contribution in [0.25, 0.3) is 0 Å². The Morgan fingerprint density at radius 2 is 2.00 bits per heavy atom. The van der Waals surface area contributed by atoms with Crippen LogP contribution in [0, 0.1) is 0 Å². The molecular formula is C13H20N4O2. The van der Waals surface area contributed by atoms with Crippen LogP contribution in [0.5, 0.6) is 0 Å². The maximum atomic E-state index is 10.8. The number of unbranched alkanes of at least 4 members (excludes halogenated alkanes) is 1. The van der Waals surface area contributed by atoms with Crippen LogP contribution < -0.4 is 4.90 Å². The summed E-state index contributed by atoms with van der Waals surface area (Å²) in [4.78, 5) is 23.2. The molecule has 0 spiro atoms. The molecule has 1 N–H and O–H groups in total. The molecule has 6 heteroatoms. The molecule has 0 radical (unpaired) electrons. The first-order valence-corrected chi connectivity index (χ1v) is 6.74. The molecule has 0 atom stereocenters. The zero-order valence-electron chi connectivity index (χ0n) is 11.2. The van der Waals surface area contributed by atoms with E-state index in [4.69, 9.17) is 5.11 Å². The maximum absolute atomic E-state index is 10.8. The largest absolute Gasteiger partial charge is 0.465 e. The van der Waals surface area contributed by atoms with Gasteiger partial charge in [0.1, 0.15) is 5.82 Å². The molecule has 0 bridgehead atoms. The minimum atomic E-state index is -0.847. The zero-order valence-corrected chi connectivity index (χ0v) is 11.2. The van der Waals surface area contributed by atoms with E-state index in [9.17, 15) is 4.79 Å². The number of carbonyl (C=O) groups is 1. The van der Waals surface area contributed by atoms with Crippen LogP contribution in [0.2, 0.25) is 0 Å². The van der Waals surface area contributed by atoms with Crippen LogP contribution in [0.1, 0.15) is 25.5 Å². The number of carboxylic acid groups (broad SMARTS) is 1. The van der Waals surface area contributed by atoms with Crippen molar-refractivity contribution in [2.24, 2.45) is 0 Å². The monoisotopic (exact) mass is 264 g/mol. The summed E-state index contributed by atoms with van der Waals surface area (Å²) in [7, 11) is 0. The van der Waals surface area contributed by atoms with E-state index in [0.717, 1.165) is 30.8 Å². The highest BCUT2D eigenvalue weighted by molar-refractivity contribution is 5.65. The summed E-state index contributed by atoms with van der Waals surface area (Å²) >= 11 is 0. The van der Waals surface area contributed by atoms with Crippen LogP contribution in [0.3, 0.4) is 0 Å². The highest BCUT2D eigenvalue weighted by Crippen LogP contribution is 2.13. The molecule has 1 aliphatic rings. The first-order chi connectivity index (χ1) is 9.20. The Balaban J connectivity index is 1.90. The molecule has 2 heterocycles. The van der Waals surface area contributed by atoms with Gasteiger partial charge in [-0.25, -0.2) is 9.78 Å². The number of rotatable bonds is 4. The second kappa shape index (κ2) is 6.36. The number of nitrogens with zero attached hydrogens (tertiary/aromatic N) is 4. The molecule has 0 aliphatic carbocycles. The van der Waals surface area contributed by atoms with Gasteiger partial charge in [0, 0.05) is 26.2 Å². The summed E-state index contributed by atoms with van der Waals surface area (Å²) in [5.74, 6) is 0.838. The molecule has 1 saturated heterocycles. The summed E-state index contributed by atoms with van der Waals surface area (Å²) in [5.41, 5.74) is 1.02. The third kappa shape index (κ3) is 3.56. The number of hydrogen-bond donors (Lipinski definition) is 1. The number of piperazine rings is 1. The topological polar surface area (TPSA) is 69.6 Å². The summed E-state index contributed by atoms with van der Waals surface area (Å²) in [6, 6.07) is 0. The fraction of sp³-hybridized carbons (Fsp3) is 0.615. The lowest BCUT2D eigenvalue weighted by atomic mass is 10.2. The van der Waals surface area contributed by atoms with E-state index in [0.29, 0.717) is 26.2 Å². The van der Waals surface area contributed by atoms with E-state index in [1.165, 1.54) is 4.90 Å². The first kappa shape index (κ1) is 13.6. The number of aryl methyl sites for hydroxylation is 1. The van der Waals surface area contributed by atoms with E-state index < -0.39 is 6.09 Å². The van der Waals surface area contributed by atoms with Gasteiger partial charge in [0.2, 0.25) is 0 Å². The lowest BCUT2D eigenvalue weighted by Crippen LogP contribution is -2.48. The van der Waals surface area contributed by atoms with E-state index >= 15 is 0 Å². The third-order valence-corrected chi connectivity index (χ3v) is 3.35. The predicted molar refractivity (Wildman–Crippen MR) is 72.5 cm³/mol. The second-order valence-electron chi connectivity index (χ2n) is 4.73. The summed E-state index contributed by atoms with van der Waals surface area (Å²) in [6.45, 7) is 4.55. The standard InChI is InChI=1S/C13H20N4O2/c1-2-3-4-11-9-15-12(10-14-11)16-5-7-17(8-6-16)13(18)19/h9-10H,2-8H2,1H3,(H,18,19). The SMILES string of the molecule is CCCCc1cnc(N2CCN(C(=O)O)CC2)cn1. The van der Waals surface area contributed by atoms with E-state index in [-0.39, 0.29) is 0 Å². The summed E-state index contributed by atoms with van der Waals surface area (Å²) in [6.07, 6.45) is 6.03. The van der Waals surface area contributed by atoms with Crippen LogP contribution in [-0.2, 0) is 6.42 Å². The molecule has 6 nitrogen and oxygen atoms in total. The Labute approximate surface area is 113 Å². The van der Waals surface area contributed by atoms with Crippen LogP contribution >= 0.6 is 0 Å². The van der Waals surface area contributed by atoms with Crippen LogP contribution in [-0.4, -0.2) is 52.2 Å². The minimum Gasteiger partial charge on any atom is -0.465 e. The number of aromatic nitrogens is 2. The molecule has 1 fully saturated rings. The molecule has 2 rings (SSSR count). The molecule has 1 aliphatic heterocycles. The van der Waals surface area contributed by atoms with Gasteiger partial charge in [0.15, 0.2) is 0 Å². The third-order valence-electron chi connectivity index (χ3n) is 3.35. The van der Waals surface area contributed by atoms with Gasteiger partial charge in [-0.15, -0.1) is 0 Å². The maximum Gasteiger partial charge on any atom is 0.407 e.